The molecule has 3 nitrogen and oxygen atoms in total. The fraction of sp³-hybridized carbons (Fsp3) is 0.438. The van der Waals surface area contributed by atoms with Crippen LogP contribution in [0.2, 0.25) is 0 Å². The Morgan fingerprint density at radius 3 is 2.70 bits per heavy atom. The lowest BCUT2D eigenvalue weighted by Crippen LogP contribution is -2.33. The number of nitrogens with zero attached hydrogens (tertiary/aromatic N) is 1. The van der Waals surface area contributed by atoms with Crippen LogP contribution in [0.5, 0.6) is 0 Å². The van der Waals surface area contributed by atoms with Gasteiger partial charge in [0.05, 0.1) is 5.69 Å². The number of anilines is 1. The van der Waals surface area contributed by atoms with Crippen molar-refractivity contribution in [1.82, 2.24) is 4.90 Å². The lowest BCUT2D eigenvalue weighted by atomic mass is 10.1. The van der Waals surface area contributed by atoms with Gasteiger partial charge in [-0.15, -0.1) is 11.3 Å². The molecule has 2 rings (SSSR count). The van der Waals surface area contributed by atoms with Gasteiger partial charge in [0.25, 0.3) is 5.91 Å². The van der Waals surface area contributed by atoms with E-state index in [4.69, 9.17) is 5.73 Å². The minimum absolute atomic E-state index is 0.0533. The Hall–Kier alpha value is -1.55. The van der Waals surface area contributed by atoms with Gasteiger partial charge in [0.1, 0.15) is 4.88 Å². The summed E-state index contributed by atoms with van der Waals surface area (Å²) in [5, 5.41) is 0.990. The van der Waals surface area contributed by atoms with Gasteiger partial charge in [-0.3, -0.25) is 4.79 Å². The largest absolute Gasteiger partial charge is 0.397 e. The number of hydrogen-bond acceptors (Lipinski definition) is 3. The molecule has 0 fully saturated rings. The number of thiophene rings is 1. The molecule has 0 saturated carbocycles. The minimum atomic E-state index is 0.0533. The summed E-state index contributed by atoms with van der Waals surface area (Å²) in [7, 11) is 0. The summed E-state index contributed by atoms with van der Waals surface area (Å²) in [5.41, 5.74) is 7.99. The Labute approximate surface area is 124 Å². The summed E-state index contributed by atoms with van der Waals surface area (Å²) in [6, 6.07) is 6.13. The molecule has 0 atom stereocenters. The summed E-state index contributed by atoms with van der Waals surface area (Å²) in [6.45, 7) is 9.77. The van der Waals surface area contributed by atoms with Gasteiger partial charge in [0.15, 0.2) is 0 Å². The van der Waals surface area contributed by atoms with Crippen molar-refractivity contribution in [3.63, 3.8) is 0 Å². The van der Waals surface area contributed by atoms with Crippen molar-refractivity contribution in [1.29, 1.82) is 0 Å². The number of fused-ring (bicyclic) bond motifs is 1. The first-order valence-corrected chi connectivity index (χ1v) is 7.83. The topological polar surface area (TPSA) is 46.3 Å². The summed E-state index contributed by atoms with van der Waals surface area (Å²) in [4.78, 5) is 15.2. The van der Waals surface area contributed by atoms with E-state index in [-0.39, 0.29) is 5.91 Å². The van der Waals surface area contributed by atoms with E-state index in [1.54, 1.807) is 0 Å². The second-order valence-electron chi connectivity index (χ2n) is 5.58. The Kier molecular flexibility index (Phi) is 4.33. The predicted molar refractivity (Wildman–Crippen MR) is 87.4 cm³/mol. The molecule has 20 heavy (non-hydrogen) atoms. The number of carbonyl (C=O) groups excluding carboxylic acids is 1. The highest BCUT2D eigenvalue weighted by Gasteiger charge is 2.21. The van der Waals surface area contributed by atoms with Gasteiger partial charge >= 0.3 is 0 Å². The van der Waals surface area contributed by atoms with Crippen molar-refractivity contribution in [2.75, 3.05) is 18.8 Å². The lowest BCUT2D eigenvalue weighted by molar-refractivity contribution is 0.0751. The molecule has 0 aliphatic rings. The number of nitrogens with two attached hydrogens (primary N) is 1. The van der Waals surface area contributed by atoms with Crippen LogP contribution in [-0.2, 0) is 0 Å². The van der Waals surface area contributed by atoms with Gasteiger partial charge in [-0.05, 0) is 31.4 Å². The third kappa shape index (κ3) is 2.80. The van der Waals surface area contributed by atoms with E-state index in [2.05, 4.69) is 19.9 Å². The maximum absolute atomic E-state index is 12.6. The third-order valence-corrected chi connectivity index (χ3v) is 4.49. The number of aryl methyl sites for hydroxylation is 1. The molecule has 0 saturated heterocycles. The Morgan fingerprint density at radius 1 is 1.40 bits per heavy atom. The first-order chi connectivity index (χ1) is 9.43. The van der Waals surface area contributed by atoms with Gasteiger partial charge in [-0.2, -0.15) is 0 Å². The normalized spacial score (nSPS) is 11.2. The van der Waals surface area contributed by atoms with Gasteiger partial charge in [-0.1, -0.05) is 26.0 Å². The van der Waals surface area contributed by atoms with Crippen molar-refractivity contribution in [3.8, 4) is 0 Å². The molecule has 1 aromatic carbocycles. The highest BCUT2D eigenvalue weighted by atomic mass is 32.1. The number of carbonyl (C=O) groups is 1. The fourth-order valence-electron chi connectivity index (χ4n) is 2.32. The highest BCUT2D eigenvalue weighted by molar-refractivity contribution is 7.21. The Bertz CT molecular complexity index is 631. The minimum Gasteiger partial charge on any atom is -0.397 e. The molecule has 1 amide bonds. The summed E-state index contributed by atoms with van der Waals surface area (Å²) in [5.74, 6) is 0.509. The van der Waals surface area contributed by atoms with Crippen LogP contribution in [0.3, 0.4) is 0 Å². The van der Waals surface area contributed by atoms with Crippen molar-refractivity contribution in [2.24, 2.45) is 5.92 Å². The molecule has 2 aromatic rings. The Morgan fingerprint density at radius 2 is 2.10 bits per heavy atom. The van der Waals surface area contributed by atoms with E-state index in [1.807, 2.05) is 30.9 Å². The van der Waals surface area contributed by atoms with E-state index >= 15 is 0 Å². The van der Waals surface area contributed by atoms with Crippen LogP contribution in [0.4, 0.5) is 5.69 Å². The number of hydrogen-bond donors (Lipinski definition) is 1. The zero-order valence-electron chi connectivity index (χ0n) is 12.6. The average Bonchev–Trinajstić information content (AvgIpc) is 2.71. The molecule has 0 radical (unpaired) electrons. The molecule has 0 aliphatic heterocycles. The summed E-state index contributed by atoms with van der Waals surface area (Å²) in [6.07, 6.45) is 0. The molecular formula is C16H22N2OS. The van der Waals surface area contributed by atoms with Gasteiger partial charge in [-0.25, -0.2) is 0 Å². The molecule has 0 spiro atoms. The molecule has 108 valence electrons. The molecule has 4 heteroatoms. The second kappa shape index (κ2) is 5.83. The van der Waals surface area contributed by atoms with E-state index in [0.717, 1.165) is 16.6 Å². The van der Waals surface area contributed by atoms with Crippen LogP contribution in [-0.4, -0.2) is 23.9 Å². The second-order valence-corrected chi connectivity index (χ2v) is 6.63. The SMILES string of the molecule is CCN(CC(C)C)C(=O)c1sc2cc(C)ccc2c1N. The van der Waals surface area contributed by atoms with Gasteiger partial charge in [0, 0.05) is 23.2 Å². The maximum Gasteiger partial charge on any atom is 0.266 e. The smallest absolute Gasteiger partial charge is 0.266 e. The molecule has 1 aromatic heterocycles. The van der Waals surface area contributed by atoms with Crippen molar-refractivity contribution in [2.45, 2.75) is 27.7 Å². The molecule has 0 unspecified atom stereocenters. The quantitative estimate of drug-likeness (QED) is 0.928. The van der Waals surface area contributed by atoms with Crippen LogP contribution in [0.15, 0.2) is 18.2 Å². The molecule has 2 N–H and O–H groups in total. The summed E-state index contributed by atoms with van der Waals surface area (Å²) < 4.78 is 1.09. The third-order valence-electron chi connectivity index (χ3n) is 3.33. The number of amides is 1. The molecule has 0 aliphatic carbocycles. The Balaban J connectivity index is 2.41. The standard InChI is InChI=1S/C16H22N2OS/c1-5-18(9-10(2)3)16(19)15-14(17)12-7-6-11(4)8-13(12)20-15/h6-8,10H,5,9,17H2,1-4H3. The lowest BCUT2D eigenvalue weighted by Gasteiger charge is -2.22. The fourth-order valence-corrected chi connectivity index (χ4v) is 3.51. The number of rotatable bonds is 4. The van der Waals surface area contributed by atoms with Crippen LogP contribution in [0, 0.1) is 12.8 Å². The van der Waals surface area contributed by atoms with Crippen molar-refractivity contribution < 1.29 is 4.79 Å². The number of benzene rings is 1. The highest BCUT2D eigenvalue weighted by Crippen LogP contribution is 2.35. The first kappa shape index (κ1) is 14.9. The van der Waals surface area contributed by atoms with Gasteiger partial charge in [0.2, 0.25) is 0 Å². The molecule has 1 heterocycles. The number of nitrogen functional groups attached to an aromatic ring is 1. The van der Waals surface area contributed by atoms with Gasteiger partial charge < -0.3 is 10.6 Å². The van der Waals surface area contributed by atoms with Crippen molar-refractivity contribution in [3.05, 3.63) is 28.6 Å². The molecular weight excluding hydrogens is 268 g/mol. The van der Waals surface area contributed by atoms with Crippen LogP contribution >= 0.6 is 11.3 Å². The van der Waals surface area contributed by atoms with Crippen molar-refractivity contribution >= 4 is 33.0 Å². The van der Waals surface area contributed by atoms with E-state index in [9.17, 15) is 4.79 Å². The first-order valence-electron chi connectivity index (χ1n) is 7.02. The summed E-state index contributed by atoms with van der Waals surface area (Å²) >= 11 is 1.50. The maximum atomic E-state index is 12.6. The average molecular weight is 290 g/mol. The van der Waals surface area contributed by atoms with E-state index < -0.39 is 0 Å². The predicted octanol–water partition coefficient (Wildman–Crippen LogP) is 3.91. The van der Waals surface area contributed by atoms with Crippen LogP contribution in [0.1, 0.15) is 36.0 Å². The van der Waals surface area contributed by atoms with Crippen LogP contribution in [0.25, 0.3) is 10.1 Å². The van der Waals surface area contributed by atoms with E-state index in [1.165, 1.54) is 16.9 Å². The monoisotopic (exact) mass is 290 g/mol. The zero-order valence-corrected chi connectivity index (χ0v) is 13.4. The van der Waals surface area contributed by atoms with Crippen LogP contribution < -0.4 is 5.73 Å². The zero-order chi connectivity index (χ0) is 14.9. The molecule has 0 bridgehead atoms. The van der Waals surface area contributed by atoms with E-state index in [0.29, 0.717) is 23.0 Å².